The number of aryl methyl sites for hydroxylation is 1. The summed E-state index contributed by atoms with van der Waals surface area (Å²) in [6.45, 7) is 6.65. The number of hydrogen-bond donors (Lipinski definition) is 2. The largest absolute Gasteiger partial charge is 0.271 e. The highest BCUT2D eigenvalue weighted by Gasteiger charge is 2.16. The predicted octanol–water partition coefficient (Wildman–Crippen LogP) is 2.81. The normalized spacial score (nSPS) is 14.8. The van der Waals surface area contributed by atoms with Crippen LogP contribution in [0.2, 0.25) is 0 Å². The van der Waals surface area contributed by atoms with Gasteiger partial charge in [0.25, 0.3) is 0 Å². The molecule has 1 rings (SSSR count). The summed E-state index contributed by atoms with van der Waals surface area (Å²) in [7, 11) is 0. The molecular formula is C14H24N2. The molecule has 0 radical (unpaired) electrons. The lowest BCUT2D eigenvalue weighted by molar-refractivity contribution is 0.356. The second kappa shape index (κ2) is 6.66. The van der Waals surface area contributed by atoms with Gasteiger partial charge in [0.2, 0.25) is 0 Å². The molecule has 3 N–H and O–H groups in total. The van der Waals surface area contributed by atoms with E-state index < -0.39 is 0 Å². The van der Waals surface area contributed by atoms with Gasteiger partial charge in [-0.15, -0.1) is 0 Å². The monoisotopic (exact) mass is 220 g/mol. The van der Waals surface area contributed by atoms with Crippen LogP contribution in [0.5, 0.6) is 0 Å². The fourth-order valence-corrected chi connectivity index (χ4v) is 2.16. The Labute approximate surface area is 99.2 Å². The highest BCUT2D eigenvalue weighted by atomic mass is 15.2. The van der Waals surface area contributed by atoms with Crippen molar-refractivity contribution in [1.29, 1.82) is 0 Å². The van der Waals surface area contributed by atoms with Gasteiger partial charge in [-0.1, -0.05) is 44.5 Å². The van der Waals surface area contributed by atoms with E-state index in [-0.39, 0.29) is 0 Å². The van der Waals surface area contributed by atoms with E-state index in [0.717, 1.165) is 6.42 Å². The van der Waals surface area contributed by atoms with Crippen molar-refractivity contribution in [2.45, 2.75) is 46.1 Å². The van der Waals surface area contributed by atoms with E-state index in [0.29, 0.717) is 12.0 Å². The molecule has 16 heavy (non-hydrogen) atoms. The first-order valence-electron chi connectivity index (χ1n) is 6.19. The van der Waals surface area contributed by atoms with Gasteiger partial charge < -0.3 is 0 Å². The van der Waals surface area contributed by atoms with Crippen LogP contribution in [0.1, 0.15) is 37.8 Å². The van der Waals surface area contributed by atoms with E-state index in [1.165, 1.54) is 24.0 Å². The average molecular weight is 220 g/mol. The average Bonchev–Trinajstić information content (AvgIpc) is 2.28. The van der Waals surface area contributed by atoms with Crippen LogP contribution < -0.4 is 11.3 Å². The van der Waals surface area contributed by atoms with Crippen LogP contribution in [0.4, 0.5) is 0 Å². The minimum atomic E-state index is 0.376. The van der Waals surface area contributed by atoms with Crippen LogP contribution in [0.25, 0.3) is 0 Å². The molecule has 1 aromatic carbocycles. The van der Waals surface area contributed by atoms with Gasteiger partial charge in [0.05, 0.1) is 0 Å². The van der Waals surface area contributed by atoms with E-state index in [2.05, 4.69) is 50.5 Å². The third-order valence-corrected chi connectivity index (χ3v) is 3.35. The van der Waals surface area contributed by atoms with Crippen molar-refractivity contribution in [1.82, 2.24) is 5.43 Å². The van der Waals surface area contributed by atoms with E-state index in [1.807, 2.05) is 0 Å². The molecule has 0 aromatic heterocycles. The van der Waals surface area contributed by atoms with Gasteiger partial charge in [0.1, 0.15) is 0 Å². The zero-order valence-electron chi connectivity index (χ0n) is 10.7. The Kier molecular flexibility index (Phi) is 5.50. The molecule has 2 unspecified atom stereocenters. The van der Waals surface area contributed by atoms with Crippen molar-refractivity contribution >= 4 is 0 Å². The molecule has 0 aliphatic rings. The molecule has 2 nitrogen and oxygen atoms in total. The van der Waals surface area contributed by atoms with Gasteiger partial charge in [-0.05, 0) is 36.8 Å². The lowest BCUT2D eigenvalue weighted by atomic mass is 9.90. The summed E-state index contributed by atoms with van der Waals surface area (Å²) in [5, 5.41) is 0. The molecule has 0 saturated carbocycles. The van der Waals surface area contributed by atoms with Crippen LogP contribution in [0, 0.1) is 12.8 Å². The van der Waals surface area contributed by atoms with Crippen molar-refractivity contribution in [2.24, 2.45) is 11.8 Å². The standard InChI is InChI=1S/C14H24N2/c1-4-7-12(3)14(16-15)10-13-9-6-5-8-11(13)2/h5-6,8-9,12,14,16H,4,7,10,15H2,1-3H3. The SMILES string of the molecule is CCCC(C)C(Cc1ccccc1C)NN. The number of nitrogens with two attached hydrogens (primary N) is 1. The molecule has 90 valence electrons. The number of rotatable bonds is 6. The Morgan fingerprint density at radius 3 is 2.56 bits per heavy atom. The molecule has 0 heterocycles. The van der Waals surface area contributed by atoms with Gasteiger partial charge in [0.15, 0.2) is 0 Å². The molecule has 1 aromatic rings. The highest BCUT2D eigenvalue weighted by Crippen LogP contribution is 2.17. The second-order valence-corrected chi connectivity index (χ2v) is 4.67. The zero-order chi connectivity index (χ0) is 12.0. The van der Waals surface area contributed by atoms with Crippen molar-refractivity contribution in [3.63, 3.8) is 0 Å². The summed E-state index contributed by atoms with van der Waals surface area (Å²) in [6, 6.07) is 8.91. The first-order valence-corrected chi connectivity index (χ1v) is 6.19. The first-order chi connectivity index (χ1) is 7.69. The van der Waals surface area contributed by atoms with Crippen LogP contribution in [-0.4, -0.2) is 6.04 Å². The topological polar surface area (TPSA) is 38.0 Å². The number of benzene rings is 1. The van der Waals surface area contributed by atoms with E-state index in [9.17, 15) is 0 Å². The van der Waals surface area contributed by atoms with Gasteiger partial charge in [-0.3, -0.25) is 11.3 Å². The lowest BCUT2D eigenvalue weighted by Crippen LogP contribution is -2.41. The maximum Gasteiger partial charge on any atom is 0.0276 e. The maximum absolute atomic E-state index is 5.65. The molecular weight excluding hydrogens is 196 g/mol. The van der Waals surface area contributed by atoms with E-state index in [4.69, 9.17) is 5.84 Å². The smallest absolute Gasteiger partial charge is 0.0276 e. The Hall–Kier alpha value is -0.860. The van der Waals surface area contributed by atoms with E-state index >= 15 is 0 Å². The summed E-state index contributed by atoms with van der Waals surface area (Å²) in [5.41, 5.74) is 5.71. The Balaban J connectivity index is 2.66. The van der Waals surface area contributed by atoms with Crippen LogP contribution in [-0.2, 0) is 6.42 Å². The van der Waals surface area contributed by atoms with E-state index in [1.54, 1.807) is 0 Å². The fraction of sp³-hybridized carbons (Fsp3) is 0.571. The maximum atomic E-state index is 5.65. The van der Waals surface area contributed by atoms with Gasteiger partial charge in [-0.25, -0.2) is 0 Å². The van der Waals surface area contributed by atoms with Gasteiger partial charge in [-0.2, -0.15) is 0 Å². The zero-order valence-corrected chi connectivity index (χ0v) is 10.7. The quantitative estimate of drug-likeness (QED) is 0.571. The van der Waals surface area contributed by atoms with Crippen molar-refractivity contribution in [3.05, 3.63) is 35.4 Å². The van der Waals surface area contributed by atoms with Crippen LogP contribution in [0.3, 0.4) is 0 Å². The molecule has 2 heteroatoms. The second-order valence-electron chi connectivity index (χ2n) is 4.67. The number of nitrogens with one attached hydrogen (secondary N) is 1. The summed E-state index contributed by atoms with van der Waals surface area (Å²) in [4.78, 5) is 0. The van der Waals surface area contributed by atoms with Crippen molar-refractivity contribution < 1.29 is 0 Å². The molecule has 0 aliphatic heterocycles. The number of hydrazine groups is 1. The van der Waals surface area contributed by atoms with Crippen molar-refractivity contribution in [2.75, 3.05) is 0 Å². The Morgan fingerprint density at radius 1 is 1.31 bits per heavy atom. The summed E-state index contributed by atoms with van der Waals surface area (Å²) in [5.74, 6) is 6.27. The molecule has 0 fully saturated rings. The molecule has 0 bridgehead atoms. The van der Waals surface area contributed by atoms with Gasteiger partial charge >= 0.3 is 0 Å². The van der Waals surface area contributed by atoms with Crippen molar-refractivity contribution in [3.8, 4) is 0 Å². The number of hydrogen-bond acceptors (Lipinski definition) is 2. The third kappa shape index (κ3) is 3.62. The lowest BCUT2D eigenvalue weighted by Gasteiger charge is -2.23. The molecule has 0 amide bonds. The first kappa shape index (κ1) is 13.2. The predicted molar refractivity (Wildman–Crippen MR) is 70.1 cm³/mol. The Morgan fingerprint density at radius 2 is 2.00 bits per heavy atom. The summed E-state index contributed by atoms with van der Waals surface area (Å²) >= 11 is 0. The van der Waals surface area contributed by atoms with Gasteiger partial charge in [0, 0.05) is 6.04 Å². The minimum Gasteiger partial charge on any atom is -0.271 e. The highest BCUT2D eigenvalue weighted by molar-refractivity contribution is 5.26. The van der Waals surface area contributed by atoms with Crippen LogP contribution in [0.15, 0.2) is 24.3 Å². The summed E-state index contributed by atoms with van der Waals surface area (Å²) in [6.07, 6.45) is 3.46. The van der Waals surface area contributed by atoms with Crippen LogP contribution >= 0.6 is 0 Å². The molecule has 0 spiro atoms. The third-order valence-electron chi connectivity index (χ3n) is 3.35. The fourth-order valence-electron chi connectivity index (χ4n) is 2.16. The molecule has 0 aliphatic carbocycles. The molecule has 0 saturated heterocycles. The molecule has 2 atom stereocenters. The minimum absolute atomic E-state index is 0.376. The summed E-state index contributed by atoms with van der Waals surface area (Å²) < 4.78 is 0. The Bertz CT molecular complexity index is 309.